The van der Waals surface area contributed by atoms with Crippen molar-refractivity contribution in [3.8, 4) is 0 Å². The summed E-state index contributed by atoms with van der Waals surface area (Å²) in [7, 11) is 0. The molecule has 0 unspecified atom stereocenters. The Morgan fingerprint density at radius 2 is 2.11 bits per heavy atom. The minimum atomic E-state index is 0.00572. The third kappa shape index (κ3) is 5.52. The molecule has 0 fully saturated rings. The summed E-state index contributed by atoms with van der Waals surface area (Å²) < 4.78 is 0. The highest BCUT2D eigenvalue weighted by molar-refractivity contribution is 6.31. The molecular weight excluding hydrogens is 248 g/mol. The number of carbonyl (C=O) groups excluding carboxylic acids is 1. The summed E-state index contributed by atoms with van der Waals surface area (Å²) in [6, 6.07) is 5.53. The summed E-state index contributed by atoms with van der Waals surface area (Å²) in [6.07, 6.45) is 0.470. The third-order valence-corrected chi connectivity index (χ3v) is 2.94. The van der Waals surface area contributed by atoms with Gasteiger partial charge in [0.25, 0.3) is 0 Å². The predicted molar refractivity (Wildman–Crippen MR) is 77.1 cm³/mol. The van der Waals surface area contributed by atoms with Crippen molar-refractivity contribution in [2.75, 3.05) is 18.4 Å². The monoisotopic (exact) mass is 268 g/mol. The molecule has 0 aliphatic rings. The van der Waals surface area contributed by atoms with Crippen LogP contribution in [-0.2, 0) is 4.79 Å². The first-order chi connectivity index (χ1) is 8.49. The van der Waals surface area contributed by atoms with Crippen molar-refractivity contribution in [3.05, 3.63) is 28.8 Å². The van der Waals surface area contributed by atoms with E-state index in [0.717, 1.165) is 17.8 Å². The Hall–Kier alpha value is -1.06. The van der Waals surface area contributed by atoms with Gasteiger partial charge in [0, 0.05) is 23.7 Å². The van der Waals surface area contributed by atoms with Gasteiger partial charge in [0.1, 0.15) is 0 Å². The van der Waals surface area contributed by atoms with E-state index in [9.17, 15) is 4.79 Å². The number of anilines is 1. The predicted octanol–water partition coefficient (Wildman–Crippen LogP) is 3.22. The van der Waals surface area contributed by atoms with Gasteiger partial charge in [-0.15, -0.1) is 0 Å². The van der Waals surface area contributed by atoms with E-state index in [4.69, 9.17) is 11.6 Å². The first-order valence-electron chi connectivity index (χ1n) is 6.25. The molecule has 4 heteroatoms. The maximum Gasteiger partial charge on any atom is 0.225 e. The highest BCUT2D eigenvalue weighted by Crippen LogP contribution is 2.19. The van der Waals surface area contributed by atoms with E-state index in [0.29, 0.717) is 23.9 Å². The molecule has 1 aromatic carbocycles. The zero-order valence-corrected chi connectivity index (χ0v) is 12.0. The molecule has 0 spiro atoms. The molecule has 1 amide bonds. The van der Waals surface area contributed by atoms with Gasteiger partial charge in [-0.1, -0.05) is 31.5 Å². The van der Waals surface area contributed by atoms with Crippen molar-refractivity contribution in [2.45, 2.75) is 27.2 Å². The number of hydrogen-bond acceptors (Lipinski definition) is 2. The molecule has 100 valence electrons. The molecule has 2 N–H and O–H groups in total. The minimum Gasteiger partial charge on any atom is -0.326 e. The Bertz CT molecular complexity index is 405. The number of halogens is 1. The maximum atomic E-state index is 11.7. The Morgan fingerprint density at radius 1 is 1.39 bits per heavy atom. The molecule has 0 saturated carbocycles. The molecule has 1 aromatic rings. The molecule has 0 bridgehead atoms. The lowest BCUT2D eigenvalue weighted by atomic mass is 10.2. The number of rotatable bonds is 6. The first-order valence-corrected chi connectivity index (χ1v) is 6.63. The summed E-state index contributed by atoms with van der Waals surface area (Å²) in [5.41, 5.74) is 1.76. The summed E-state index contributed by atoms with van der Waals surface area (Å²) in [5, 5.41) is 6.74. The lowest BCUT2D eigenvalue weighted by Gasteiger charge is -2.09. The van der Waals surface area contributed by atoms with Gasteiger partial charge in [-0.2, -0.15) is 0 Å². The van der Waals surface area contributed by atoms with Gasteiger partial charge >= 0.3 is 0 Å². The van der Waals surface area contributed by atoms with Gasteiger partial charge in [0.15, 0.2) is 0 Å². The molecule has 0 radical (unpaired) electrons. The third-order valence-electron chi connectivity index (χ3n) is 2.54. The minimum absolute atomic E-state index is 0.00572. The smallest absolute Gasteiger partial charge is 0.225 e. The highest BCUT2D eigenvalue weighted by Gasteiger charge is 2.04. The Balaban J connectivity index is 2.33. The standard InChI is InChI=1S/C14H21ClN2O/c1-10(2)9-16-7-6-14(18)17-12-5-4-11(3)13(15)8-12/h4-5,8,10,16H,6-7,9H2,1-3H3,(H,17,18). The van der Waals surface area contributed by atoms with Crippen molar-refractivity contribution < 1.29 is 4.79 Å². The Labute approximate surface area is 114 Å². The second kappa shape index (κ2) is 7.39. The van der Waals surface area contributed by atoms with Gasteiger partial charge in [-0.3, -0.25) is 4.79 Å². The molecule has 3 nitrogen and oxygen atoms in total. The topological polar surface area (TPSA) is 41.1 Å². The number of benzene rings is 1. The van der Waals surface area contributed by atoms with Gasteiger partial charge in [0.05, 0.1) is 0 Å². The fourth-order valence-corrected chi connectivity index (χ4v) is 1.67. The van der Waals surface area contributed by atoms with Crippen LogP contribution in [-0.4, -0.2) is 19.0 Å². The van der Waals surface area contributed by atoms with Gasteiger partial charge in [-0.05, 0) is 37.1 Å². The molecule has 0 saturated heterocycles. The Kier molecular flexibility index (Phi) is 6.16. The van der Waals surface area contributed by atoms with E-state index >= 15 is 0 Å². The molecule has 0 aliphatic carbocycles. The number of hydrogen-bond donors (Lipinski definition) is 2. The average Bonchev–Trinajstić information content (AvgIpc) is 2.29. The molecule has 0 aliphatic heterocycles. The zero-order valence-electron chi connectivity index (χ0n) is 11.2. The van der Waals surface area contributed by atoms with Gasteiger partial charge in [0.2, 0.25) is 5.91 Å². The molecular formula is C14H21ClN2O. The number of nitrogens with one attached hydrogen (secondary N) is 2. The average molecular weight is 269 g/mol. The van der Waals surface area contributed by atoms with E-state index in [1.54, 1.807) is 6.07 Å². The SMILES string of the molecule is Cc1ccc(NC(=O)CCNCC(C)C)cc1Cl. The van der Waals surface area contributed by atoms with Crippen LogP contribution in [0.3, 0.4) is 0 Å². The van der Waals surface area contributed by atoms with Crippen LogP contribution in [0.1, 0.15) is 25.8 Å². The molecule has 0 aromatic heterocycles. The summed E-state index contributed by atoms with van der Waals surface area (Å²) >= 11 is 6.00. The van der Waals surface area contributed by atoms with Crippen LogP contribution in [0.4, 0.5) is 5.69 Å². The largest absolute Gasteiger partial charge is 0.326 e. The second-order valence-electron chi connectivity index (χ2n) is 4.86. The number of aryl methyl sites for hydroxylation is 1. The van der Waals surface area contributed by atoms with Gasteiger partial charge < -0.3 is 10.6 Å². The summed E-state index contributed by atoms with van der Waals surface area (Å²) in [4.78, 5) is 11.7. The second-order valence-corrected chi connectivity index (χ2v) is 5.27. The van der Waals surface area contributed by atoms with Gasteiger partial charge in [-0.25, -0.2) is 0 Å². The van der Waals surface area contributed by atoms with Crippen LogP contribution in [0.25, 0.3) is 0 Å². The molecule has 0 heterocycles. The van der Waals surface area contributed by atoms with Crippen LogP contribution >= 0.6 is 11.6 Å². The molecule has 0 atom stereocenters. The summed E-state index contributed by atoms with van der Waals surface area (Å²) in [6.45, 7) is 7.85. The van der Waals surface area contributed by atoms with Crippen molar-refractivity contribution in [1.29, 1.82) is 0 Å². The summed E-state index contributed by atoms with van der Waals surface area (Å²) in [5.74, 6) is 0.607. The van der Waals surface area contributed by atoms with Crippen LogP contribution in [0, 0.1) is 12.8 Å². The highest BCUT2D eigenvalue weighted by atomic mass is 35.5. The molecule has 18 heavy (non-hydrogen) atoms. The van der Waals surface area contributed by atoms with E-state index in [2.05, 4.69) is 24.5 Å². The van der Waals surface area contributed by atoms with E-state index in [-0.39, 0.29) is 5.91 Å². The van der Waals surface area contributed by atoms with E-state index in [1.165, 1.54) is 0 Å². The molecule has 1 rings (SSSR count). The lowest BCUT2D eigenvalue weighted by Crippen LogP contribution is -2.24. The van der Waals surface area contributed by atoms with Crippen LogP contribution in [0.5, 0.6) is 0 Å². The van der Waals surface area contributed by atoms with Crippen molar-refractivity contribution in [1.82, 2.24) is 5.32 Å². The van der Waals surface area contributed by atoms with Crippen molar-refractivity contribution in [3.63, 3.8) is 0 Å². The van der Waals surface area contributed by atoms with Crippen molar-refractivity contribution >= 4 is 23.2 Å². The number of amides is 1. The maximum absolute atomic E-state index is 11.7. The first kappa shape index (κ1) is 15.0. The Morgan fingerprint density at radius 3 is 2.72 bits per heavy atom. The van der Waals surface area contributed by atoms with Crippen molar-refractivity contribution in [2.24, 2.45) is 5.92 Å². The van der Waals surface area contributed by atoms with E-state index < -0.39 is 0 Å². The number of carbonyl (C=O) groups is 1. The zero-order chi connectivity index (χ0) is 13.5. The fourth-order valence-electron chi connectivity index (χ4n) is 1.49. The van der Waals surface area contributed by atoms with Crippen LogP contribution in [0.2, 0.25) is 5.02 Å². The quantitative estimate of drug-likeness (QED) is 0.778. The van der Waals surface area contributed by atoms with Crippen LogP contribution < -0.4 is 10.6 Å². The van der Waals surface area contributed by atoms with E-state index in [1.807, 2.05) is 19.1 Å². The lowest BCUT2D eigenvalue weighted by molar-refractivity contribution is -0.116. The van der Waals surface area contributed by atoms with Crippen LogP contribution in [0.15, 0.2) is 18.2 Å². The normalized spacial score (nSPS) is 10.7. The fraction of sp³-hybridized carbons (Fsp3) is 0.500.